The van der Waals surface area contributed by atoms with Crippen molar-refractivity contribution in [2.24, 2.45) is 0 Å². The highest BCUT2D eigenvalue weighted by molar-refractivity contribution is 14.2. The minimum Gasteiger partial charge on any atom is -0.491 e. The lowest BCUT2D eigenvalue weighted by Gasteiger charge is -2.20. The van der Waals surface area contributed by atoms with Gasteiger partial charge in [0.15, 0.2) is 5.82 Å². The zero-order chi connectivity index (χ0) is 25.7. The van der Waals surface area contributed by atoms with E-state index in [9.17, 15) is 4.79 Å². The van der Waals surface area contributed by atoms with Crippen molar-refractivity contribution in [2.45, 2.75) is 20.8 Å². The molecule has 12 heteroatoms. The van der Waals surface area contributed by atoms with Crippen molar-refractivity contribution in [1.82, 2.24) is 19.9 Å². The van der Waals surface area contributed by atoms with Crippen molar-refractivity contribution >= 4 is 67.5 Å². The van der Waals surface area contributed by atoms with Crippen LogP contribution in [0.25, 0.3) is 21.7 Å². The summed E-state index contributed by atoms with van der Waals surface area (Å²) < 4.78 is 11.1. The van der Waals surface area contributed by atoms with E-state index in [1.807, 2.05) is 37.1 Å². The van der Waals surface area contributed by atoms with Crippen LogP contribution < -0.4 is 15.0 Å². The average Bonchev–Trinajstić information content (AvgIpc) is 3.16. The highest BCUT2D eigenvalue weighted by atomic mass is 127. The number of rotatable bonds is 10. The minimum absolute atomic E-state index is 0.113. The molecule has 0 aromatic carbocycles. The maximum absolute atomic E-state index is 12.8. The number of amides is 1. The van der Waals surface area contributed by atoms with Crippen LogP contribution >= 0.6 is 39.8 Å². The number of carbonyl (C=O) groups is 1. The number of fused-ring (bicyclic) bond motifs is 1. The molecular formula is C24H26IN6O3PS. The van der Waals surface area contributed by atoms with E-state index in [2.05, 4.69) is 51.2 Å². The average molecular weight is 636 g/mol. The van der Waals surface area contributed by atoms with Gasteiger partial charge in [-0.1, -0.05) is 0 Å². The van der Waals surface area contributed by atoms with E-state index in [0.717, 1.165) is 26.4 Å². The predicted octanol–water partition coefficient (Wildman–Crippen LogP) is 5.49. The first-order chi connectivity index (χ1) is 17.4. The highest BCUT2D eigenvalue weighted by Crippen LogP contribution is 2.36. The van der Waals surface area contributed by atoms with Gasteiger partial charge in [-0.05, 0) is 66.6 Å². The fourth-order valence-corrected chi connectivity index (χ4v) is 5.36. The molecule has 0 radical (unpaired) electrons. The summed E-state index contributed by atoms with van der Waals surface area (Å²) in [5.41, 5.74) is 3.24. The Morgan fingerprint density at radius 2 is 2.00 bits per heavy atom. The summed E-state index contributed by atoms with van der Waals surface area (Å²) in [5, 5.41) is 3.84. The Bertz CT molecular complexity index is 1370. The Labute approximate surface area is 228 Å². The number of anilines is 2. The van der Waals surface area contributed by atoms with E-state index in [4.69, 9.17) is 19.2 Å². The topological polar surface area (TPSA) is 102 Å². The number of halogens is 1. The summed E-state index contributed by atoms with van der Waals surface area (Å²) in [5.74, 6) is 1.66. The van der Waals surface area contributed by atoms with E-state index >= 15 is 0 Å². The monoisotopic (exact) mass is 636 g/mol. The van der Waals surface area contributed by atoms with Crippen LogP contribution in [-0.2, 0) is 9.32 Å². The molecule has 36 heavy (non-hydrogen) atoms. The molecule has 4 heterocycles. The van der Waals surface area contributed by atoms with Gasteiger partial charge in [0.1, 0.15) is 28.7 Å². The molecule has 1 N–H and O–H groups in total. The van der Waals surface area contributed by atoms with E-state index in [-0.39, 0.29) is 12.5 Å². The van der Waals surface area contributed by atoms with Gasteiger partial charge >= 0.3 is 0 Å². The minimum atomic E-state index is -0.163. The summed E-state index contributed by atoms with van der Waals surface area (Å²) >= 11 is 3.78. The van der Waals surface area contributed by atoms with Crippen molar-refractivity contribution in [1.29, 1.82) is 0 Å². The lowest BCUT2D eigenvalue weighted by atomic mass is 10.2. The first kappa shape index (κ1) is 26.6. The fraction of sp³-hybridized carbons (Fsp3) is 0.292. The van der Waals surface area contributed by atoms with E-state index in [0.29, 0.717) is 48.4 Å². The SMILES string of the molecule is Cc1ccc(NC(=O)CN(C)c2nc(-c3cc(OCCOPI)ccn3)nc3sc(C)c(C)c23)cn1. The molecule has 0 bridgehead atoms. The largest absolute Gasteiger partial charge is 0.491 e. The van der Waals surface area contributed by atoms with Gasteiger partial charge in [0.25, 0.3) is 0 Å². The number of ether oxygens (including phenoxy) is 1. The molecule has 0 spiro atoms. The maximum atomic E-state index is 12.8. The lowest BCUT2D eigenvalue weighted by molar-refractivity contribution is -0.114. The number of hydrogen-bond donors (Lipinski definition) is 1. The molecule has 0 aliphatic heterocycles. The summed E-state index contributed by atoms with van der Waals surface area (Å²) in [4.78, 5) is 35.0. The number of carbonyl (C=O) groups excluding carboxylic acids is 1. The molecule has 0 aliphatic rings. The second-order valence-electron chi connectivity index (χ2n) is 8.08. The number of hydrogen-bond acceptors (Lipinski definition) is 9. The number of aryl methyl sites for hydroxylation is 3. The molecule has 9 nitrogen and oxygen atoms in total. The molecule has 1 unspecified atom stereocenters. The molecular weight excluding hydrogens is 610 g/mol. The van der Waals surface area contributed by atoms with E-state index < -0.39 is 0 Å². The lowest BCUT2D eigenvalue weighted by Crippen LogP contribution is -2.31. The molecule has 0 saturated heterocycles. The Hall–Kier alpha value is -2.47. The number of pyridine rings is 2. The van der Waals surface area contributed by atoms with Crippen LogP contribution in [-0.4, -0.2) is 52.6 Å². The van der Waals surface area contributed by atoms with Crippen LogP contribution in [0.2, 0.25) is 0 Å². The molecule has 4 aromatic rings. The number of aromatic nitrogens is 4. The second kappa shape index (κ2) is 12.2. The van der Waals surface area contributed by atoms with Crippen LogP contribution in [0.5, 0.6) is 5.75 Å². The zero-order valence-corrected chi connectivity index (χ0v) is 24.3. The third-order valence-electron chi connectivity index (χ3n) is 5.42. The van der Waals surface area contributed by atoms with E-state index in [1.165, 1.54) is 0 Å². The number of nitrogens with one attached hydrogen (secondary N) is 1. The van der Waals surface area contributed by atoms with Crippen molar-refractivity contribution in [3.8, 4) is 17.3 Å². The highest BCUT2D eigenvalue weighted by Gasteiger charge is 2.20. The van der Waals surface area contributed by atoms with Gasteiger partial charge in [0.2, 0.25) is 5.91 Å². The molecule has 0 aliphatic carbocycles. The number of likely N-dealkylation sites (N-methyl/N-ethyl adjacent to an activating group) is 1. The quantitative estimate of drug-likeness (QED) is 0.139. The first-order valence-corrected chi connectivity index (χ1v) is 16.0. The van der Waals surface area contributed by atoms with Crippen LogP contribution in [0, 0.1) is 20.8 Å². The van der Waals surface area contributed by atoms with Gasteiger partial charge in [-0.2, -0.15) is 0 Å². The molecule has 0 fully saturated rings. The van der Waals surface area contributed by atoms with Gasteiger partial charge < -0.3 is 19.5 Å². The van der Waals surface area contributed by atoms with Gasteiger partial charge in [-0.3, -0.25) is 14.8 Å². The van der Waals surface area contributed by atoms with Crippen LogP contribution in [0.1, 0.15) is 16.1 Å². The Morgan fingerprint density at radius 3 is 2.75 bits per heavy atom. The number of thiophene rings is 1. The van der Waals surface area contributed by atoms with E-state index in [1.54, 1.807) is 29.8 Å². The van der Waals surface area contributed by atoms with Gasteiger partial charge in [-0.25, -0.2) is 9.97 Å². The molecule has 188 valence electrons. The normalized spacial score (nSPS) is 11.4. The summed E-state index contributed by atoms with van der Waals surface area (Å²) in [6.45, 7) is 7.50. The van der Waals surface area contributed by atoms with Gasteiger partial charge in [0, 0.05) is 29.9 Å². The third kappa shape index (κ3) is 6.44. The smallest absolute Gasteiger partial charge is 0.243 e. The Morgan fingerprint density at radius 1 is 1.17 bits per heavy atom. The van der Waals surface area contributed by atoms with Crippen molar-refractivity contribution in [3.05, 3.63) is 52.8 Å². The molecule has 4 rings (SSSR count). The summed E-state index contributed by atoms with van der Waals surface area (Å²) in [6, 6.07) is 7.31. The molecule has 1 amide bonds. The summed E-state index contributed by atoms with van der Waals surface area (Å²) in [7, 11) is 1.85. The second-order valence-corrected chi connectivity index (χ2v) is 11.0. The van der Waals surface area contributed by atoms with Crippen molar-refractivity contribution in [3.63, 3.8) is 0 Å². The molecule has 0 saturated carbocycles. The first-order valence-electron chi connectivity index (χ1n) is 11.1. The predicted molar refractivity (Wildman–Crippen MR) is 155 cm³/mol. The van der Waals surface area contributed by atoms with Crippen LogP contribution in [0.4, 0.5) is 11.5 Å². The Balaban J connectivity index is 1.62. The van der Waals surface area contributed by atoms with Gasteiger partial charge in [-0.15, -0.1) is 11.3 Å². The zero-order valence-electron chi connectivity index (χ0n) is 20.3. The molecule has 1 atom stereocenters. The Kier molecular flexibility index (Phi) is 9.00. The third-order valence-corrected chi connectivity index (χ3v) is 7.76. The standard InChI is InChI=1S/C24H26IN6O3PS/c1-14-5-6-17(12-27-14)28-20(32)13-31(4)23-21-15(2)16(3)36-24(21)30-22(29-23)19-11-18(7-8-26-19)33-9-10-34-35-25/h5-8,11-12,35H,9-10,13H2,1-4H3,(H,28,32). The van der Waals surface area contributed by atoms with Crippen LogP contribution in [0.15, 0.2) is 36.7 Å². The summed E-state index contributed by atoms with van der Waals surface area (Å²) in [6.07, 6.45) is 3.33. The maximum Gasteiger partial charge on any atom is 0.243 e. The fourth-order valence-electron chi connectivity index (χ4n) is 3.51. The number of nitrogens with zero attached hydrogens (tertiary/aromatic N) is 5. The van der Waals surface area contributed by atoms with Crippen LogP contribution in [0.3, 0.4) is 0 Å². The van der Waals surface area contributed by atoms with Gasteiger partial charge in [0.05, 0.1) is 36.9 Å². The van der Waals surface area contributed by atoms with Crippen molar-refractivity contribution in [2.75, 3.05) is 37.0 Å². The van der Waals surface area contributed by atoms with Crippen molar-refractivity contribution < 1.29 is 14.1 Å². The molecule has 4 aromatic heterocycles.